The second kappa shape index (κ2) is 10.5. The molecule has 0 saturated heterocycles. The highest BCUT2D eigenvalue weighted by atomic mass is 32.1. The molecule has 0 radical (unpaired) electrons. The van der Waals surface area contributed by atoms with E-state index in [1.165, 1.54) is 47.8 Å². The van der Waals surface area contributed by atoms with Gasteiger partial charge in [0.1, 0.15) is 5.58 Å². The summed E-state index contributed by atoms with van der Waals surface area (Å²) in [7, 11) is 0. The van der Waals surface area contributed by atoms with E-state index in [-0.39, 0.29) is 0 Å². The van der Waals surface area contributed by atoms with E-state index in [2.05, 4.69) is 169 Å². The second-order valence-electron chi connectivity index (χ2n) is 11.3. The van der Waals surface area contributed by atoms with Crippen LogP contribution in [-0.2, 0) is 0 Å². The number of furan rings is 1. The topological polar surface area (TPSA) is 16.4 Å². The van der Waals surface area contributed by atoms with Crippen LogP contribution in [0.2, 0.25) is 0 Å². The van der Waals surface area contributed by atoms with Crippen LogP contribution >= 0.6 is 11.3 Å². The minimum atomic E-state index is 0.898. The molecule has 0 bridgehead atoms. The first-order valence-electron chi connectivity index (χ1n) is 15.2. The fraction of sp³-hybridized carbons (Fsp3) is 0. The van der Waals surface area contributed by atoms with Crippen LogP contribution in [0.15, 0.2) is 168 Å². The molecule has 0 aliphatic rings. The highest BCUT2D eigenvalue weighted by molar-refractivity contribution is 7.26. The van der Waals surface area contributed by atoms with Gasteiger partial charge in [0.2, 0.25) is 0 Å². The Morgan fingerprint density at radius 2 is 0.956 bits per heavy atom. The van der Waals surface area contributed by atoms with Gasteiger partial charge in [0.25, 0.3) is 0 Å². The Labute approximate surface area is 265 Å². The number of rotatable bonds is 5. The summed E-state index contributed by atoms with van der Waals surface area (Å²) in [5, 5.41) is 4.83. The molecule has 7 aromatic carbocycles. The maximum Gasteiger partial charge on any atom is 0.160 e. The molecular formula is C42H27NOS. The van der Waals surface area contributed by atoms with Gasteiger partial charge in [-0.3, -0.25) is 0 Å². The van der Waals surface area contributed by atoms with E-state index < -0.39 is 0 Å². The van der Waals surface area contributed by atoms with Crippen LogP contribution in [0, 0.1) is 0 Å². The van der Waals surface area contributed by atoms with E-state index in [0.29, 0.717) is 0 Å². The molecule has 0 amide bonds. The molecule has 0 saturated carbocycles. The number of nitrogens with zero attached hydrogens (tertiary/aromatic N) is 1. The number of thiophene rings is 1. The quantitative estimate of drug-likeness (QED) is 0.197. The highest BCUT2D eigenvalue weighted by Crippen LogP contribution is 2.49. The summed E-state index contributed by atoms with van der Waals surface area (Å²) in [6.07, 6.45) is 0. The van der Waals surface area contributed by atoms with E-state index in [1.54, 1.807) is 0 Å². The number of hydrogen-bond donors (Lipinski definition) is 0. The molecule has 2 aromatic heterocycles. The molecule has 0 atom stereocenters. The van der Waals surface area contributed by atoms with Gasteiger partial charge in [0.05, 0.1) is 5.69 Å². The van der Waals surface area contributed by atoms with Crippen LogP contribution in [0.1, 0.15) is 0 Å². The molecule has 0 aliphatic carbocycles. The van der Waals surface area contributed by atoms with Gasteiger partial charge in [-0.1, -0.05) is 121 Å². The normalized spacial score (nSPS) is 11.6. The first-order chi connectivity index (χ1) is 22.3. The zero-order valence-electron chi connectivity index (χ0n) is 24.4. The van der Waals surface area contributed by atoms with E-state index in [1.807, 2.05) is 11.3 Å². The maximum absolute atomic E-state index is 6.76. The summed E-state index contributed by atoms with van der Waals surface area (Å²) in [4.78, 5) is 2.35. The van der Waals surface area contributed by atoms with Crippen LogP contribution < -0.4 is 4.90 Å². The predicted molar refractivity (Wildman–Crippen MR) is 192 cm³/mol. The van der Waals surface area contributed by atoms with Crippen molar-refractivity contribution in [2.75, 3.05) is 4.90 Å². The van der Waals surface area contributed by atoms with Gasteiger partial charge in [-0.2, -0.15) is 0 Å². The summed E-state index contributed by atoms with van der Waals surface area (Å²) >= 11 is 1.84. The van der Waals surface area contributed by atoms with Crippen LogP contribution in [0.25, 0.3) is 64.4 Å². The molecule has 0 spiro atoms. The molecule has 0 aliphatic heterocycles. The lowest BCUT2D eigenvalue weighted by atomic mass is 10.0. The first kappa shape index (κ1) is 25.8. The molecular weight excluding hydrogens is 567 g/mol. The summed E-state index contributed by atoms with van der Waals surface area (Å²) < 4.78 is 9.31. The zero-order valence-corrected chi connectivity index (χ0v) is 25.2. The molecule has 9 rings (SSSR count). The minimum absolute atomic E-state index is 0.898. The van der Waals surface area contributed by atoms with Crippen molar-refractivity contribution in [2.24, 2.45) is 0 Å². The van der Waals surface area contributed by atoms with Crippen molar-refractivity contribution >= 4 is 70.5 Å². The smallest absolute Gasteiger partial charge is 0.160 e. The van der Waals surface area contributed by atoms with Crippen molar-refractivity contribution in [1.29, 1.82) is 0 Å². The molecule has 9 aromatic rings. The van der Waals surface area contributed by atoms with Crippen molar-refractivity contribution in [3.63, 3.8) is 0 Å². The summed E-state index contributed by atoms with van der Waals surface area (Å²) in [5.41, 5.74) is 9.75. The molecule has 2 heterocycles. The second-order valence-corrected chi connectivity index (χ2v) is 12.4. The summed E-state index contributed by atoms with van der Waals surface area (Å²) in [6.45, 7) is 0. The minimum Gasteiger partial charge on any atom is -0.454 e. The number of benzene rings is 7. The van der Waals surface area contributed by atoms with Crippen molar-refractivity contribution < 1.29 is 4.42 Å². The summed E-state index contributed by atoms with van der Waals surface area (Å²) in [5.74, 6) is 0. The molecule has 2 nitrogen and oxygen atoms in total. The Kier molecular flexibility index (Phi) is 6.03. The molecule has 0 N–H and O–H groups in total. The Hall–Kier alpha value is -5.64. The van der Waals surface area contributed by atoms with E-state index in [4.69, 9.17) is 4.42 Å². The zero-order chi connectivity index (χ0) is 29.7. The average molecular weight is 594 g/mol. The lowest BCUT2D eigenvalue weighted by molar-refractivity contribution is 0.669. The average Bonchev–Trinajstić information content (AvgIpc) is 3.69. The van der Waals surface area contributed by atoms with Crippen LogP contribution in [0.4, 0.5) is 17.1 Å². The fourth-order valence-corrected chi connectivity index (χ4v) is 7.75. The van der Waals surface area contributed by atoms with E-state index in [0.717, 1.165) is 33.6 Å². The predicted octanol–water partition coefficient (Wildman–Crippen LogP) is 12.8. The molecule has 0 fully saturated rings. The first-order valence-corrected chi connectivity index (χ1v) is 16.0. The third-order valence-electron chi connectivity index (χ3n) is 8.68. The van der Waals surface area contributed by atoms with Gasteiger partial charge in [0.15, 0.2) is 5.58 Å². The molecule has 3 heteroatoms. The molecule has 0 unspecified atom stereocenters. The van der Waals surface area contributed by atoms with Gasteiger partial charge in [-0.05, 0) is 64.7 Å². The van der Waals surface area contributed by atoms with Gasteiger partial charge in [-0.15, -0.1) is 11.3 Å². The van der Waals surface area contributed by atoms with Crippen LogP contribution in [0.5, 0.6) is 0 Å². The van der Waals surface area contributed by atoms with Gasteiger partial charge < -0.3 is 9.32 Å². The fourth-order valence-electron chi connectivity index (χ4n) is 6.51. The number of fused-ring (bicyclic) bond motifs is 7. The summed E-state index contributed by atoms with van der Waals surface area (Å²) in [6, 6.07) is 58.3. The Morgan fingerprint density at radius 1 is 0.444 bits per heavy atom. The van der Waals surface area contributed by atoms with Crippen LogP contribution in [-0.4, -0.2) is 0 Å². The van der Waals surface area contributed by atoms with E-state index >= 15 is 0 Å². The Balaban J connectivity index is 1.31. The van der Waals surface area contributed by atoms with Gasteiger partial charge in [-0.25, -0.2) is 0 Å². The van der Waals surface area contributed by atoms with Crippen molar-refractivity contribution in [3.8, 4) is 22.3 Å². The number of hydrogen-bond acceptors (Lipinski definition) is 3. The lowest BCUT2D eigenvalue weighted by Crippen LogP contribution is -2.10. The van der Waals surface area contributed by atoms with Crippen molar-refractivity contribution in [3.05, 3.63) is 164 Å². The monoisotopic (exact) mass is 593 g/mol. The Morgan fingerprint density at radius 3 is 1.58 bits per heavy atom. The SMILES string of the molecule is c1ccc(-c2ccc(N(c3ccc(-c4ccccc4)cc3)c3cc4c5ccccc5sc4c4c3oc3ccccc34)cc2)cc1. The van der Waals surface area contributed by atoms with Crippen molar-refractivity contribution in [2.45, 2.75) is 0 Å². The third-order valence-corrected chi connectivity index (χ3v) is 9.88. The Bertz CT molecular complexity index is 2370. The lowest BCUT2D eigenvalue weighted by Gasteiger charge is -2.26. The highest BCUT2D eigenvalue weighted by Gasteiger charge is 2.23. The molecule has 45 heavy (non-hydrogen) atoms. The standard InChI is InChI=1S/C42H27NOS/c1-3-11-28(12-4-1)30-19-23-32(24-20-30)43(33-25-21-31(22-26-33)29-13-5-2-6-14-29)37-27-36-34-15-8-10-18-39(34)45-42(36)40-35-16-7-9-17-38(35)44-41(37)40/h1-27H. The number of para-hydroxylation sites is 1. The van der Waals surface area contributed by atoms with Crippen LogP contribution in [0.3, 0.4) is 0 Å². The third kappa shape index (κ3) is 4.32. The van der Waals surface area contributed by atoms with Gasteiger partial charge >= 0.3 is 0 Å². The maximum atomic E-state index is 6.76. The number of anilines is 3. The largest absolute Gasteiger partial charge is 0.454 e. The van der Waals surface area contributed by atoms with Gasteiger partial charge in [0, 0.05) is 42.3 Å². The van der Waals surface area contributed by atoms with E-state index in [9.17, 15) is 0 Å². The molecule has 212 valence electrons. The van der Waals surface area contributed by atoms with Crippen molar-refractivity contribution in [1.82, 2.24) is 0 Å².